The van der Waals surface area contributed by atoms with Crippen LogP contribution in [0.2, 0.25) is 0 Å². The molecule has 2 saturated heterocycles. The number of likely N-dealkylation sites (tertiary alicyclic amines) is 1. The van der Waals surface area contributed by atoms with E-state index in [4.69, 9.17) is 0 Å². The minimum atomic E-state index is -3.54. The lowest BCUT2D eigenvalue weighted by atomic mass is 10.2. The van der Waals surface area contributed by atoms with Crippen LogP contribution in [0.15, 0.2) is 65.6 Å². The molecule has 2 fully saturated rings. The molecule has 0 unspecified atom stereocenters. The van der Waals surface area contributed by atoms with Gasteiger partial charge in [-0.2, -0.15) is 4.31 Å². The Morgan fingerprint density at radius 1 is 0.875 bits per heavy atom. The number of amides is 2. The molecule has 8 heteroatoms. The van der Waals surface area contributed by atoms with Gasteiger partial charge in [0, 0.05) is 51.5 Å². The van der Waals surface area contributed by atoms with Crippen molar-refractivity contribution in [3.8, 4) is 0 Å². The largest absolute Gasteiger partial charge is 0.325 e. The molecule has 0 saturated carbocycles. The molecule has 32 heavy (non-hydrogen) atoms. The van der Waals surface area contributed by atoms with Gasteiger partial charge in [-0.25, -0.2) is 13.2 Å². The Bertz CT molecular complexity index is 1020. The monoisotopic (exact) mass is 454 g/mol. The summed E-state index contributed by atoms with van der Waals surface area (Å²) in [4.78, 5) is 16.5. The summed E-state index contributed by atoms with van der Waals surface area (Å²) in [6.07, 6.45) is 6.27. The number of rotatable bonds is 6. The fourth-order valence-corrected chi connectivity index (χ4v) is 5.46. The summed E-state index contributed by atoms with van der Waals surface area (Å²) in [6, 6.07) is 16.5. The second-order valence-corrected chi connectivity index (χ2v) is 10.1. The summed E-state index contributed by atoms with van der Waals surface area (Å²) >= 11 is 0. The third kappa shape index (κ3) is 5.56. The minimum absolute atomic E-state index is 0.129. The number of hydrogen-bond donors (Lipinski definition) is 1. The zero-order valence-electron chi connectivity index (χ0n) is 18.2. The van der Waals surface area contributed by atoms with Crippen LogP contribution in [0.3, 0.4) is 0 Å². The molecule has 170 valence electrons. The Balaban J connectivity index is 1.29. The van der Waals surface area contributed by atoms with Crippen LogP contribution in [-0.2, 0) is 10.0 Å². The third-order valence-electron chi connectivity index (χ3n) is 5.94. The summed E-state index contributed by atoms with van der Waals surface area (Å²) in [5.41, 5.74) is 1.77. The van der Waals surface area contributed by atoms with Gasteiger partial charge < -0.3 is 10.2 Å². The molecule has 4 rings (SSSR count). The van der Waals surface area contributed by atoms with Crippen molar-refractivity contribution < 1.29 is 13.2 Å². The smallest absolute Gasteiger partial charge is 0.321 e. The van der Waals surface area contributed by atoms with Crippen molar-refractivity contribution in [1.29, 1.82) is 0 Å². The van der Waals surface area contributed by atoms with Crippen molar-refractivity contribution in [3.63, 3.8) is 0 Å². The van der Waals surface area contributed by atoms with Gasteiger partial charge in [0.05, 0.1) is 4.90 Å². The Labute approximate surface area is 190 Å². The van der Waals surface area contributed by atoms with Gasteiger partial charge in [0.1, 0.15) is 0 Å². The predicted octanol–water partition coefficient (Wildman–Crippen LogP) is 3.33. The lowest BCUT2D eigenvalue weighted by Gasteiger charge is -2.33. The maximum Gasteiger partial charge on any atom is 0.321 e. The van der Waals surface area contributed by atoms with Gasteiger partial charge in [-0.05, 0) is 42.7 Å². The molecule has 0 spiro atoms. The molecule has 0 radical (unpaired) electrons. The Morgan fingerprint density at radius 3 is 2.19 bits per heavy atom. The number of benzene rings is 2. The molecular weight excluding hydrogens is 424 g/mol. The van der Waals surface area contributed by atoms with Gasteiger partial charge in [-0.15, -0.1) is 0 Å². The molecule has 0 aromatic heterocycles. The van der Waals surface area contributed by atoms with Gasteiger partial charge in [-0.3, -0.25) is 4.90 Å². The molecule has 2 aromatic carbocycles. The van der Waals surface area contributed by atoms with E-state index in [9.17, 15) is 13.2 Å². The van der Waals surface area contributed by atoms with E-state index in [2.05, 4.69) is 34.5 Å². The molecule has 2 aromatic rings. The second kappa shape index (κ2) is 10.3. The number of urea groups is 1. The van der Waals surface area contributed by atoms with Gasteiger partial charge in [0.2, 0.25) is 10.0 Å². The number of anilines is 1. The van der Waals surface area contributed by atoms with E-state index >= 15 is 0 Å². The van der Waals surface area contributed by atoms with Crippen LogP contribution < -0.4 is 5.32 Å². The highest BCUT2D eigenvalue weighted by atomic mass is 32.2. The molecule has 2 amide bonds. The van der Waals surface area contributed by atoms with Gasteiger partial charge in [0.15, 0.2) is 0 Å². The van der Waals surface area contributed by atoms with Crippen molar-refractivity contribution in [2.24, 2.45) is 0 Å². The van der Waals surface area contributed by atoms with Crippen LogP contribution in [0.1, 0.15) is 18.4 Å². The van der Waals surface area contributed by atoms with Crippen LogP contribution in [0.25, 0.3) is 6.08 Å². The zero-order valence-corrected chi connectivity index (χ0v) is 19.0. The first-order chi connectivity index (χ1) is 15.5. The molecule has 2 heterocycles. The maximum absolute atomic E-state index is 13.0. The summed E-state index contributed by atoms with van der Waals surface area (Å²) in [5, 5.41) is 2.84. The van der Waals surface area contributed by atoms with Crippen LogP contribution in [-0.4, -0.2) is 74.4 Å². The Morgan fingerprint density at radius 2 is 1.53 bits per heavy atom. The molecule has 2 aliphatic heterocycles. The predicted molar refractivity (Wildman–Crippen MR) is 127 cm³/mol. The third-order valence-corrected chi connectivity index (χ3v) is 7.85. The highest BCUT2D eigenvalue weighted by Crippen LogP contribution is 2.20. The van der Waals surface area contributed by atoms with Crippen molar-refractivity contribution in [3.05, 3.63) is 66.2 Å². The SMILES string of the molecule is O=C(Nc1ccc(S(=O)(=O)N2CCN(C/C=C/c3ccccc3)CC2)cc1)N1CCCC1. The fraction of sp³-hybridized carbons (Fsp3) is 0.375. The quantitative estimate of drug-likeness (QED) is 0.727. The summed E-state index contributed by atoms with van der Waals surface area (Å²) in [5.74, 6) is 0. The highest BCUT2D eigenvalue weighted by Gasteiger charge is 2.28. The number of carbonyl (C=O) groups is 1. The summed E-state index contributed by atoms with van der Waals surface area (Å²) < 4.78 is 27.6. The van der Waals surface area contributed by atoms with Crippen LogP contribution in [0.4, 0.5) is 10.5 Å². The van der Waals surface area contributed by atoms with E-state index in [0.29, 0.717) is 31.9 Å². The van der Waals surface area contributed by atoms with Crippen LogP contribution in [0.5, 0.6) is 0 Å². The standard InChI is InChI=1S/C24H30N4O3S/c29-24(27-15-4-5-16-27)25-22-10-12-23(13-11-22)32(30,31)28-19-17-26(18-20-28)14-6-9-21-7-2-1-3-8-21/h1-3,6-13H,4-5,14-20H2,(H,25,29)/b9-6+. The molecular formula is C24H30N4O3S. The van der Waals surface area contributed by atoms with E-state index in [1.54, 1.807) is 33.5 Å². The van der Waals surface area contributed by atoms with Gasteiger partial charge in [0.25, 0.3) is 0 Å². The first-order valence-electron chi connectivity index (χ1n) is 11.1. The average Bonchev–Trinajstić information content (AvgIpc) is 3.36. The molecule has 0 aliphatic carbocycles. The first-order valence-corrected chi connectivity index (χ1v) is 12.6. The lowest BCUT2D eigenvalue weighted by Crippen LogP contribution is -2.48. The second-order valence-electron chi connectivity index (χ2n) is 8.17. The number of nitrogens with one attached hydrogen (secondary N) is 1. The number of hydrogen-bond acceptors (Lipinski definition) is 4. The molecule has 2 aliphatic rings. The van der Waals surface area contributed by atoms with E-state index in [-0.39, 0.29) is 10.9 Å². The minimum Gasteiger partial charge on any atom is -0.325 e. The molecule has 7 nitrogen and oxygen atoms in total. The van der Waals surface area contributed by atoms with E-state index in [1.165, 1.54) is 0 Å². The lowest BCUT2D eigenvalue weighted by molar-refractivity contribution is 0.204. The van der Waals surface area contributed by atoms with Crippen LogP contribution >= 0.6 is 0 Å². The van der Waals surface area contributed by atoms with Gasteiger partial charge >= 0.3 is 6.03 Å². The van der Waals surface area contributed by atoms with E-state index in [1.807, 2.05) is 18.2 Å². The van der Waals surface area contributed by atoms with Crippen LogP contribution in [0, 0.1) is 0 Å². The van der Waals surface area contributed by atoms with E-state index in [0.717, 1.165) is 38.0 Å². The fourth-order valence-electron chi connectivity index (χ4n) is 4.04. The maximum atomic E-state index is 13.0. The topological polar surface area (TPSA) is 73.0 Å². The zero-order chi connectivity index (χ0) is 22.4. The number of piperazine rings is 1. The van der Waals surface area contributed by atoms with Gasteiger partial charge in [-0.1, -0.05) is 42.5 Å². The normalized spacial score (nSPS) is 18.3. The highest BCUT2D eigenvalue weighted by molar-refractivity contribution is 7.89. The number of nitrogens with zero attached hydrogens (tertiary/aromatic N) is 3. The molecule has 0 bridgehead atoms. The summed E-state index contributed by atoms with van der Waals surface area (Å²) in [7, 11) is -3.54. The molecule has 0 atom stereocenters. The first kappa shape index (κ1) is 22.5. The van der Waals surface area contributed by atoms with Crippen molar-refractivity contribution in [1.82, 2.24) is 14.1 Å². The van der Waals surface area contributed by atoms with Crippen molar-refractivity contribution in [2.75, 3.05) is 51.1 Å². The summed E-state index contributed by atoms with van der Waals surface area (Å²) in [6.45, 7) is 4.67. The Kier molecular flexibility index (Phi) is 7.24. The van der Waals surface area contributed by atoms with Crippen molar-refractivity contribution in [2.45, 2.75) is 17.7 Å². The number of carbonyl (C=O) groups excluding carboxylic acids is 1. The average molecular weight is 455 g/mol. The van der Waals surface area contributed by atoms with Crippen molar-refractivity contribution >= 4 is 27.8 Å². The molecule has 1 N–H and O–H groups in total. The number of sulfonamides is 1. The Hall–Kier alpha value is -2.68. The van der Waals surface area contributed by atoms with E-state index < -0.39 is 10.0 Å².